The van der Waals surface area contributed by atoms with Crippen molar-refractivity contribution in [3.8, 4) is 5.75 Å². The van der Waals surface area contributed by atoms with Crippen molar-refractivity contribution < 1.29 is 19.2 Å². The van der Waals surface area contributed by atoms with Crippen molar-refractivity contribution in [2.45, 2.75) is 19.9 Å². The SMILES string of the molecule is C=CCCOc1cccc(CN(C(=O)OCC)c2cc(Br)nc(Br)c2[N+](=O)[O-])c1. The van der Waals surface area contributed by atoms with Crippen LogP contribution in [0.3, 0.4) is 0 Å². The molecule has 0 saturated heterocycles. The summed E-state index contributed by atoms with van der Waals surface area (Å²) in [6.45, 7) is 5.96. The van der Waals surface area contributed by atoms with E-state index in [1.54, 1.807) is 37.3 Å². The lowest BCUT2D eigenvalue weighted by atomic mass is 10.2. The lowest BCUT2D eigenvalue weighted by Crippen LogP contribution is -2.32. The van der Waals surface area contributed by atoms with Gasteiger partial charge < -0.3 is 9.47 Å². The van der Waals surface area contributed by atoms with Crippen LogP contribution in [0.5, 0.6) is 5.75 Å². The first-order valence-corrected chi connectivity index (χ1v) is 10.2. The number of aromatic nitrogens is 1. The van der Waals surface area contributed by atoms with Gasteiger partial charge in [0.05, 0.1) is 24.7 Å². The maximum atomic E-state index is 12.6. The first-order valence-electron chi connectivity index (χ1n) is 8.64. The summed E-state index contributed by atoms with van der Waals surface area (Å²) in [5.41, 5.74) is 0.437. The van der Waals surface area contributed by atoms with Crippen LogP contribution in [0.25, 0.3) is 0 Å². The van der Waals surface area contributed by atoms with E-state index in [4.69, 9.17) is 9.47 Å². The van der Waals surface area contributed by atoms with Gasteiger partial charge in [0.2, 0.25) is 0 Å². The Kier molecular flexibility index (Phi) is 8.59. The molecule has 0 fully saturated rings. The van der Waals surface area contributed by atoms with Crippen molar-refractivity contribution in [2.75, 3.05) is 18.1 Å². The molecule has 1 heterocycles. The number of rotatable bonds is 9. The molecule has 0 saturated carbocycles. The summed E-state index contributed by atoms with van der Waals surface area (Å²) in [6.07, 6.45) is 1.74. The first kappa shape index (κ1) is 22.8. The second kappa shape index (κ2) is 10.9. The lowest BCUT2D eigenvalue weighted by molar-refractivity contribution is -0.385. The Morgan fingerprint density at radius 1 is 1.38 bits per heavy atom. The molecule has 2 rings (SSSR count). The third-order valence-corrected chi connectivity index (χ3v) is 4.65. The molecule has 0 bridgehead atoms. The Labute approximate surface area is 184 Å². The molecule has 154 valence electrons. The molecule has 0 aliphatic heterocycles. The van der Waals surface area contributed by atoms with Crippen LogP contribution in [0.2, 0.25) is 0 Å². The highest BCUT2D eigenvalue weighted by atomic mass is 79.9. The summed E-state index contributed by atoms with van der Waals surface area (Å²) < 4.78 is 11.1. The molecule has 0 N–H and O–H groups in total. The van der Waals surface area contributed by atoms with E-state index in [1.807, 2.05) is 0 Å². The quantitative estimate of drug-likeness (QED) is 0.137. The maximum absolute atomic E-state index is 12.6. The van der Waals surface area contributed by atoms with Gasteiger partial charge in [-0.2, -0.15) is 0 Å². The minimum absolute atomic E-state index is 0.00248. The number of halogens is 2. The van der Waals surface area contributed by atoms with Crippen LogP contribution in [0, 0.1) is 10.1 Å². The third kappa shape index (κ3) is 6.26. The summed E-state index contributed by atoms with van der Waals surface area (Å²) in [5, 5.41) is 11.6. The number of anilines is 1. The van der Waals surface area contributed by atoms with Gasteiger partial charge >= 0.3 is 11.8 Å². The van der Waals surface area contributed by atoms with Crippen molar-refractivity contribution in [3.05, 3.63) is 67.9 Å². The third-order valence-electron chi connectivity index (χ3n) is 3.69. The molecular weight excluding hydrogens is 510 g/mol. The van der Waals surface area contributed by atoms with Crippen LogP contribution < -0.4 is 9.64 Å². The molecule has 0 unspecified atom stereocenters. The number of pyridine rings is 1. The predicted molar refractivity (Wildman–Crippen MR) is 116 cm³/mol. The minimum atomic E-state index is -0.710. The van der Waals surface area contributed by atoms with E-state index in [0.717, 1.165) is 0 Å². The topological polar surface area (TPSA) is 94.8 Å². The Morgan fingerprint density at radius 3 is 2.79 bits per heavy atom. The van der Waals surface area contributed by atoms with Crippen molar-refractivity contribution >= 4 is 49.3 Å². The van der Waals surface area contributed by atoms with Gasteiger partial charge in [0.15, 0.2) is 4.60 Å². The van der Waals surface area contributed by atoms with E-state index < -0.39 is 11.0 Å². The van der Waals surface area contributed by atoms with Crippen molar-refractivity contribution in [2.24, 2.45) is 0 Å². The number of hydrogen-bond donors (Lipinski definition) is 0. The summed E-state index contributed by atoms with van der Waals surface area (Å²) in [6, 6.07) is 8.55. The molecular formula is C19H19Br2N3O5. The number of amides is 1. The van der Waals surface area contributed by atoms with Crippen molar-refractivity contribution in [1.82, 2.24) is 4.98 Å². The van der Waals surface area contributed by atoms with Gasteiger partial charge in [0, 0.05) is 6.07 Å². The van der Waals surface area contributed by atoms with E-state index in [9.17, 15) is 14.9 Å². The molecule has 1 aromatic heterocycles. The number of carbonyl (C=O) groups is 1. The van der Waals surface area contributed by atoms with Crippen LogP contribution in [0.15, 0.2) is 52.2 Å². The Hall–Kier alpha value is -2.46. The fourth-order valence-electron chi connectivity index (χ4n) is 2.47. The molecule has 1 amide bonds. The average molecular weight is 529 g/mol. The number of nitrogens with zero attached hydrogens (tertiary/aromatic N) is 3. The number of benzene rings is 1. The van der Waals surface area contributed by atoms with Crippen LogP contribution in [-0.2, 0) is 11.3 Å². The molecule has 0 radical (unpaired) electrons. The van der Waals surface area contributed by atoms with Crippen molar-refractivity contribution in [1.29, 1.82) is 0 Å². The standard InChI is InChI=1S/C19H19Br2N3O5/c1-3-5-9-29-14-8-6-7-13(10-14)12-23(19(25)28-4-2)15-11-16(20)22-18(21)17(15)24(26)27/h3,6-8,10-11H,1,4-5,9,12H2,2H3. The molecule has 2 aromatic rings. The zero-order chi connectivity index (χ0) is 21.4. The maximum Gasteiger partial charge on any atom is 0.414 e. The van der Waals surface area contributed by atoms with Gasteiger partial charge in [-0.3, -0.25) is 15.0 Å². The van der Waals surface area contributed by atoms with Gasteiger partial charge in [-0.1, -0.05) is 18.2 Å². The molecule has 29 heavy (non-hydrogen) atoms. The van der Waals surface area contributed by atoms with E-state index in [0.29, 0.717) is 28.9 Å². The minimum Gasteiger partial charge on any atom is -0.493 e. The lowest BCUT2D eigenvalue weighted by Gasteiger charge is -2.22. The summed E-state index contributed by atoms with van der Waals surface area (Å²) >= 11 is 6.31. The van der Waals surface area contributed by atoms with Gasteiger partial charge in [0.25, 0.3) is 0 Å². The molecule has 0 spiro atoms. The molecule has 10 heteroatoms. The highest BCUT2D eigenvalue weighted by Crippen LogP contribution is 2.37. The number of ether oxygens (including phenoxy) is 2. The van der Waals surface area contributed by atoms with Gasteiger partial charge in [-0.05, 0) is 62.9 Å². The number of hydrogen-bond acceptors (Lipinski definition) is 6. The van der Waals surface area contributed by atoms with Crippen LogP contribution in [-0.4, -0.2) is 29.2 Å². The number of nitro groups is 1. The van der Waals surface area contributed by atoms with Crippen molar-refractivity contribution in [3.63, 3.8) is 0 Å². The normalized spacial score (nSPS) is 10.3. The molecule has 0 aliphatic carbocycles. The summed E-state index contributed by atoms with van der Waals surface area (Å²) in [4.78, 5) is 28.8. The van der Waals surface area contributed by atoms with Gasteiger partial charge in [0.1, 0.15) is 16.0 Å². The average Bonchev–Trinajstić information content (AvgIpc) is 2.66. The second-order valence-corrected chi connectivity index (χ2v) is 7.28. The zero-order valence-electron chi connectivity index (χ0n) is 15.6. The van der Waals surface area contributed by atoms with Gasteiger partial charge in [-0.25, -0.2) is 9.78 Å². The predicted octanol–water partition coefficient (Wildman–Crippen LogP) is 5.63. The molecule has 0 aliphatic rings. The van der Waals surface area contributed by atoms with Crippen LogP contribution in [0.1, 0.15) is 18.9 Å². The highest BCUT2D eigenvalue weighted by molar-refractivity contribution is 9.11. The fourth-order valence-corrected chi connectivity index (χ4v) is 3.64. The summed E-state index contributed by atoms with van der Waals surface area (Å²) in [5.74, 6) is 0.625. The monoisotopic (exact) mass is 527 g/mol. The fraction of sp³-hybridized carbons (Fsp3) is 0.263. The highest BCUT2D eigenvalue weighted by Gasteiger charge is 2.30. The molecule has 1 aromatic carbocycles. The zero-order valence-corrected chi connectivity index (χ0v) is 18.8. The largest absolute Gasteiger partial charge is 0.493 e. The first-order chi connectivity index (χ1) is 13.9. The molecule has 8 nitrogen and oxygen atoms in total. The van der Waals surface area contributed by atoms with E-state index in [-0.39, 0.29) is 29.1 Å². The van der Waals surface area contributed by atoms with Gasteiger partial charge in [-0.15, -0.1) is 6.58 Å². The number of carbonyl (C=O) groups excluding carboxylic acids is 1. The van der Waals surface area contributed by atoms with E-state index in [1.165, 1.54) is 11.0 Å². The molecule has 0 atom stereocenters. The Balaban J connectivity index is 2.43. The van der Waals surface area contributed by atoms with Crippen LogP contribution in [0.4, 0.5) is 16.2 Å². The smallest absolute Gasteiger partial charge is 0.414 e. The second-order valence-electron chi connectivity index (χ2n) is 5.72. The van der Waals surface area contributed by atoms with Crippen LogP contribution >= 0.6 is 31.9 Å². The van der Waals surface area contributed by atoms with E-state index >= 15 is 0 Å². The summed E-state index contributed by atoms with van der Waals surface area (Å²) in [7, 11) is 0. The van der Waals surface area contributed by atoms with E-state index in [2.05, 4.69) is 43.4 Å². The Bertz CT molecular complexity index is 907. The Morgan fingerprint density at radius 2 is 2.14 bits per heavy atom.